The molecule has 2 amide bonds. The van der Waals surface area contributed by atoms with Crippen LogP contribution in [-0.4, -0.2) is 12.1 Å². The fourth-order valence-electron chi connectivity index (χ4n) is 1.07. The smallest absolute Gasteiger partial charge is 0.320 e. The summed E-state index contributed by atoms with van der Waals surface area (Å²) in [4.78, 5) is 11.4. The Balaban J connectivity index is 2.47. The predicted molar refractivity (Wildman–Crippen MR) is 58.3 cm³/mol. The van der Waals surface area contributed by atoms with Crippen molar-refractivity contribution in [2.24, 2.45) is 0 Å². The average Bonchev–Trinajstić information content (AvgIpc) is 2.27. The van der Waals surface area contributed by atoms with Crippen molar-refractivity contribution < 1.29 is 4.79 Å². The molecule has 0 heterocycles. The lowest BCUT2D eigenvalue weighted by Crippen LogP contribution is -2.36. The molecule has 0 aliphatic rings. The summed E-state index contributed by atoms with van der Waals surface area (Å²) in [6, 6.07) is 10.3. The van der Waals surface area contributed by atoms with Crippen LogP contribution >= 0.6 is 0 Å². The zero-order valence-electron chi connectivity index (χ0n) is 8.53. The summed E-state index contributed by atoms with van der Waals surface area (Å²) in [5.41, 5.74) is 0.711. The molecule has 0 aliphatic carbocycles. The van der Waals surface area contributed by atoms with E-state index in [1.54, 1.807) is 12.1 Å². The normalized spacial score (nSPS) is 11.2. The third-order valence-corrected chi connectivity index (χ3v) is 1.90. The number of amides is 2. The Morgan fingerprint density at radius 1 is 1.47 bits per heavy atom. The number of nitrogens with one attached hydrogen (secondary N) is 2. The molecule has 0 aliphatic heterocycles. The number of anilines is 1. The first kappa shape index (κ1) is 11.1. The Labute approximate surface area is 88.9 Å². The zero-order chi connectivity index (χ0) is 11.1. The second kappa shape index (κ2) is 5.66. The molecule has 1 atom stereocenters. The molecule has 1 unspecified atom stereocenters. The number of hydrogen-bond donors (Lipinski definition) is 2. The lowest BCUT2D eigenvalue weighted by Gasteiger charge is -2.10. The third kappa shape index (κ3) is 3.69. The van der Waals surface area contributed by atoms with Crippen LogP contribution < -0.4 is 10.6 Å². The van der Waals surface area contributed by atoms with E-state index in [2.05, 4.69) is 10.6 Å². The maximum Gasteiger partial charge on any atom is 0.320 e. The fourth-order valence-corrected chi connectivity index (χ4v) is 1.07. The van der Waals surface area contributed by atoms with Crippen LogP contribution in [0.15, 0.2) is 30.3 Å². The van der Waals surface area contributed by atoms with Gasteiger partial charge < -0.3 is 10.6 Å². The van der Waals surface area contributed by atoms with Gasteiger partial charge in [-0.3, -0.25) is 0 Å². The van der Waals surface area contributed by atoms with E-state index in [0.717, 1.165) is 0 Å². The van der Waals surface area contributed by atoms with Gasteiger partial charge in [-0.05, 0) is 18.6 Å². The second-order valence-electron chi connectivity index (χ2n) is 3.05. The van der Waals surface area contributed by atoms with E-state index in [4.69, 9.17) is 5.26 Å². The molecular formula is C11H13N3O. The first-order valence-corrected chi connectivity index (χ1v) is 4.78. The number of urea groups is 1. The number of carbonyl (C=O) groups excluding carboxylic acids is 1. The van der Waals surface area contributed by atoms with Crippen LogP contribution in [0.1, 0.15) is 13.3 Å². The van der Waals surface area contributed by atoms with Gasteiger partial charge in [0, 0.05) is 5.69 Å². The summed E-state index contributed by atoms with van der Waals surface area (Å²) < 4.78 is 0. The van der Waals surface area contributed by atoms with Crippen LogP contribution in [0.4, 0.5) is 10.5 Å². The van der Waals surface area contributed by atoms with Gasteiger partial charge in [0.2, 0.25) is 0 Å². The van der Waals surface area contributed by atoms with E-state index in [9.17, 15) is 4.79 Å². The van der Waals surface area contributed by atoms with Crippen molar-refractivity contribution in [3.05, 3.63) is 30.3 Å². The number of rotatable bonds is 3. The number of carbonyl (C=O) groups is 1. The van der Waals surface area contributed by atoms with Crippen LogP contribution in [0.3, 0.4) is 0 Å². The van der Waals surface area contributed by atoms with Crippen molar-refractivity contribution in [1.82, 2.24) is 5.32 Å². The summed E-state index contributed by atoms with van der Waals surface area (Å²) in [5, 5.41) is 13.8. The highest BCUT2D eigenvalue weighted by atomic mass is 16.2. The third-order valence-electron chi connectivity index (χ3n) is 1.90. The van der Waals surface area contributed by atoms with E-state index in [1.807, 2.05) is 31.2 Å². The molecule has 78 valence electrons. The number of nitriles is 1. The summed E-state index contributed by atoms with van der Waals surface area (Å²) >= 11 is 0. The van der Waals surface area contributed by atoms with Crippen molar-refractivity contribution in [3.8, 4) is 6.07 Å². The molecule has 4 nitrogen and oxygen atoms in total. The maximum absolute atomic E-state index is 11.4. The van der Waals surface area contributed by atoms with Crippen LogP contribution in [0.25, 0.3) is 0 Å². The molecule has 0 spiro atoms. The van der Waals surface area contributed by atoms with Gasteiger partial charge in [0.25, 0.3) is 0 Å². The molecule has 0 aromatic heterocycles. The molecule has 0 radical (unpaired) electrons. The van der Waals surface area contributed by atoms with Crippen LogP contribution in [0.2, 0.25) is 0 Å². The molecule has 0 fully saturated rings. The summed E-state index contributed by atoms with van der Waals surface area (Å²) in [5.74, 6) is 0. The molecule has 0 saturated heterocycles. The fraction of sp³-hybridized carbons (Fsp3) is 0.273. The number of benzene rings is 1. The van der Waals surface area contributed by atoms with E-state index in [1.165, 1.54) is 0 Å². The minimum absolute atomic E-state index is 0.352. The largest absolute Gasteiger partial charge is 0.322 e. The molecule has 0 saturated carbocycles. The molecule has 1 aromatic carbocycles. The number of nitrogens with zero attached hydrogens (tertiary/aromatic N) is 1. The number of hydrogen-bond acceptors (Lipinski definition) is 2. The predicted octanol–water partition coefficient (Wildman–Crippen LogP) is 2.11. The minimum Gasteiger partial charge on any atom is -0.322 e. The molecule has 4 heteroatoms. The average molecular weight is 203 g/mol. The van der Waals surface area contributed by atoms with Crippen LogP contribution in [-0.2, 0) is 0 Å². The minimum atomic E-state index is -0.436. The summed E-state index contributed by atoms with van der Waals surface area (Å²) in [6.45, 7) is 1.84. The molecular weight excluding hydrogens is 190 g/mol. The summed E-state index contributed by atoms with van der Waals surface area (Å²) in [6.07, 6.45) is 0.596. The highest BCUT2D eigenvalue weighted by molar-refractivity contribution is 5.89. The molecule has 1 rings (SSSR count). The lowest BCUT2D eigenvalue weighted by molar-refractivity contribution is 0.250. The first-order valence-electron chi connectivity index (χ1n) is 4.78. The quantitative estimate of drug-likeness (QED) is 0.790. The Hall–Kier alpha value is -2.02. The second-order valence-corrected chi connectivity index (χ2v) is 3.05. The van der Waals surface area contributed by atoms with Gasteiger partial charge in [-0.1, -0.05) is 25.1 Å². The zero-order valence-corrected chi connectivity index (χ0v) is 8.53. The number of para-hydroxylation sites is 1. The van der Waals surface area contributed by atoms with E-state index >= 15 is 0 Å². The Kier molecular flexibility index (Phi) is 4.17. The first-order chi connectivity index (χ1) is 7.26. The van der Waals surface area contributed by atoms with Gasteiger partial charge in [-0.15, -0.1) is 0 Å². The highest BCUT2D eigenvalue weighted by Gasteiger charge is 2.08. The van der Waals surface area contributed by atoms with Crippen LogP contribution in [0, 0.1) is 11.3 Å². The molecule has 15 heavy (non-hydrogen) atoms. The van der Waals surface area contributed by atoms with Gasteiger partial charge >= 0.3 is 6.03 Å². The van der Waals surface area contributed by atoms with Crippen molar-refractivity contribution >= 4 is 11.7 Å². The topological polar surface area (TPSA) is 64.9 Å². The standard InChI is InChI=1S/C11H13N3O/c1-2-9(8-12)13-11(15)14-10-6-4-3-5-7-10/h3-7,9H,2H2,1H3,(H2,13,14,15). The van der Waals surface area contributed by atoms with E-state index in [0.29, 0.717) is 12.1 Å². The van der Waals surface area contributed by atoms with Gasteiger partial charge in [-0.25, -0.2) is 4.79 Å². The summed E-state index contributed by atoms with van der Waals surface area (Å²) in [7, 11) is 0. The van der Waals surface area contributed by atoms with Crippen molar-refractivity contribution in [2.75, 3.05) is 5.32 Å². The van der Waals surface area contributed by atoms with Gasteiger partial charge in [0.1, 0.15) is 6.04 Å². The van der Waals surface area contributed by atoms with Crippen molar-refractivity contribution in [1.29, 1.82) is 5.26 Å². The maximum atomic E-state index is 11.4. The molecule has 1 aromatic rings. The van der Waals surface area contributed by atoms with E-state index in [-0.39, 0.29) is 6.03 Å². The van der Waals surface area contributed by atoms with Crippen molar-refractivity contribution in [2.45, 2.75) is 19.4 Å². The molecule has 0 bridgehead atoms. The Morgan fingerprint density at radius 3 is 2.67 bits per heavy atom. The molecule has 2 N–H and O–H groups in total. The van der Waals surface area contributed by atoms with Crippen molar-refractivity contribution in [3.63, 3.8) is 0 Å². The van der Waals surface area contributed by atoms with Crippen LogP contribution in [0.5, 0.6) is 0 Å². The highest BCUT2D eigenvalue weighted by Crippen LogP contribution is 2.04. The lowest BCUT2D eigenvalue weighted by atomic mass is 10.2. The Bertz CT molecular complexity index is 356. The van der Waals surface area contributed by atoms with Gasteiger partial charge in [0.15, 0.2) is 0 Å². The van der Waals surface area contributed by atoms with Gasteiger partial charge in [0.05, 0.1) is 6.07 Å². The van der Waals surface area contributed by atoms with E-state index < -0.39 is 6.04 Å². The monoisotopic (exact) mass is 203 g/mol. The SMILES string of the molecule is CCC(C#N)NC(=O)Nc1ccccc1. The Morgan fingerprint density at radius 2 is 2.13 bits per heavy atom. The van der Waals surface area contributed by atoms with Gasteiger partial charge in [-0.2, -0.15) is 5.26 Å².